The second kappa shape index (κ2) is 4.24. The Morgan fingerprint density at radius 3 is 2.40 bits per heavy atom. The van der Waals surface area contributed by atoms with E-state index in [1.807, 2.05) is 0 Å². The van der Waals surface area contributed by atoms with Crippen molar-refractivity contribution >= 4 is 5.97 Å². The van der Waals surface area contributed by atoms with Gasteiger partial charge in [0.25, 0.3) is 0 Å². The zero-order chi connectivity index (χ0) is 8.15. The Labute approximate surface area is 59.4 Å². The molecule has 0 radical (unpaired) electrons. The van der Waals surface area contributed by atoms with Crippen LogP contribution in [0, 0.1) is 0 Å². The van der Waals surface area contributed by atoms with Crippen molar-refractivity contribution in [1.82, 2.24) is 0 Å². The van der Waals surface area contributed by atoms with Crippen LogP contribution in [0.4, 0.5) is 0 Å². The van der Waals surface area contributed by atoms with E-state index in [1.54, 1.807) is 6.92 Å². The van der Waals surface area contributed by atoms with Crippen LogP contribution in [0.1, 0.15) is 13.8 Å². The van der Waals surface area contributed by atoms with Crippen molar-refractivity contribution in [2.45, 2.75) is 26.1 Å². The van der Waals surface area contributed by atoms with Gasteiger partial charge in [-0.1, -0.05) is 0 Å². The lowest BCUT2D eigenvalue weighted by atomic mass is 10.2. The molecule has 0 saturated carbocycles. The SMILES string of the molecule is CCOC(=O)C(O)[C@H](C)O. The fourth-order valence-corrected chi connectivity index (χ4v) is 0.425. The standard InChI is InChI=1S/C6H12O4/c1-3-10-6(9)5(8)4(2)7/h4-5,7-8H,3H2,1-2H3/t4-,5?/m0/s1. The second-order valence-electron chi connectivity index (χ2n) is 1.94. The summed E-state index contributed by atoms with van der Waals surface area (Å²) >= 11 is 0. The third kappa shape index (κ3) is 2.80. The zero-order valence-electron chi connectivity index (χ0n) is 6.07. The highest BCUT2D eigenvalue weighted by molar-refractivity contribution is 5.74. The monoisotopic (exact) mass is 148 g/mol. The summed E-state index contributed by atoms with van der Waals surface area (Å²) in [5, 5.41) is 17.5. The van der Waals surface area contributed by atoms with Gasteiger partial charge in [0.05, 0.1) is 12.7 Å². The van der Waals surface area contributed by atoms with Gasteiger partial charge in [-0.2, -0.15) is 0 Å². The molecule has 0 aliphatic heterocycles. The molecule has 0 aromatic carbocycles. The van der Waals surface area contributed by atoms with E-state index >= 15 is 0 Å². The molecule has 0 fully saturated rings. The van der Waals surface area contributed by atoms with Gasteiger partial charge < -0.3 is 14.9 Å². The van der Waals surface area contributed by atoms with Crippen LogP contribution >= 0.6 is 0 Å². The molecule has 0 rings (SSSR count). The lowest BCUT2D eigenvalue weighted by molar-refractivity contribution is -0.158. The van der Waals surface area contributed by atoms with E-state index in [0.29, 0.717) is 0 Å². The van der Waals surface area contributed by atoms with Gasteiger partial charge in [-0.05, 0) is 13.8 Å². The largest absolute Gasteiger partial charge is 0.464 e. The molecule has 10 heavy (non-hydrogen) atoms. The maximum absolute atomic E-state index is 10.6. The molecule has 0 heterocycles. The number of hydrogen-bond acceptors (Lipinski definition) is 4. The number of ether oxygens (including phenoxy) is 1. The molecule has 0 aromatic heterocycles. The fourth-order valence-electron chi connectivity index (χ4n) is 0.425. The molecular weight excluding hydrogens is 136 g/mol. The van der Waals surface area contributed by atoms with Crippen LogP contribution < -0.4 is 0 Å². The van der Waals surface area contributed by atoms with Crippen molar-refractivity contribution in [2.75, 3.05) is 6.61 Å². The van der Waals surface area contributed by atoms with Gasteiger partial charge in [-0.3, -0.25) is 0 Å². The molecule has 0 aromatic rings. The summed E-state index contributed by atoms with van der Waals surface area (Å²) in [6.45, 7) is 3.16. The Kier molecular flexibility index (Phi) is 3.99. The van der Waals surface area contributed by atoms with E-state index in [4.69, 9.17) is 10.2 Å². The first kappa shape index (κ1) is 9.39. The highest BCUT2D eigenvalue weighted by atomic mass is 16.5. The Morgan fingerprint density at radius 2 is 2.10 bits per heavy atom. The van der Waals surface area contributed by atoms with Gasteiger partial charge >= 0.3 is 5.97 Å². The zero-order valence-corrected chi connectivity index (χ0v) is 6.07. The van der Waals surface area contributed by atoms with Crippen LogP contribution in [0.25, 0.3) is 0 Å². The van der Waals surface area contributed by atoms with E-state index in [2.05, 4.69) is 4.74 Å². The first-order valence-electron chi connectivity index (χ1n) is 3.12. The van der Waals surface area contributed by atoms with Crippen molar-refractivity contribution < 1.29 is 19.7 Å². The van der Waals surface area contributed by atoms with E-state index in [0.717, 1.165) is 0 Å². The van der Waals surface area contributed by atoms with Crippen molar-refractivity contribution in [1.29, 1.82) is 0 Å². The van der Waals surface area contributed by atoms with E-state index in [1.165, 1.54) is 6.92 Å². The van der Waals surface area contributed by atoms with Crippen LogP contribution in [-0.4, -0.2) is 35.0 Å². The molecule has 0 aliphatic carbocycles. The van der Waals surface area contributed by atoms with Gasteiger partial charge in [0, 0.05) is 0 Å². The predicted octanol–water partition coefficient (Wildman–Crippen LogP) is -0.709. The summed E-state index contributed by atoms with van der Waals surface area (Å²) in [5.74, 6) is -0.780. The Balaban J connectivity index is 3.71. The number of carbonyl (C=O) groups is 1. The number of rotatable bonds is 3. The van der Waals surface area contributed by atoms with Crippen molar-refractivity contribution in [3.63, 3.8) is 0 Å². The molecule has 0 amide bonds. The highest BCUT2D eigenvalue weighted by Crippen LogP contribution is 1.94. The number of esters is 1. The maximum Gasteiger partial charge on any atom is 0.337 e. The van der Waals surface area contributed by atoms with Crippen LogP contribution in [-0.2, 0) is 9.53 Å². The van der Waals surface area contributed by atoms with Gasteiger partial charge in [0.2, 0.25) is 0 Å². The van der Waals surface area contributed by atoms with Crippen molar-refractivity contribution in [3.05, 3.63) is 0 Å². The summed E-state index contributed by atoms with van der Waals surface area (Å²) in [4.78, 5) is 10.6. The summed E-state index contributed by atoms with van der Waals surface area (Å²) in [6.07, 6.45) is -2.49. The topological polar surface area (TPSA) is 66.8 Å². The van der Waals surface area contributed by atoms with Gasteiger partial charge in [0.1, 0.15) is 0 Å². The summed E-state index contributed by atoms with van der Waals surface area (Å²) < 4.78 is 4.42. The minimum Gasteiger partial charge on any atom is -0.464 e. The quantitative estimate of drug-likeness (QED) is 0.519. The normalized spacial score (nSPS) is 16.0. The third-order valence-electron chi connectivity index (χ3n) is 0.985. The maximum atomic E-state index is 10.6. The number of carbonyl (C=O) groups excluding carboxylic acids is 1. The van der Waals surface area contributed by atoms with Crippen LogP contribution in [0.5, 0.6) is 0 Å². The molecule has 4 nitrogen and oxygen atoms in total. The Hall–Kier alpha value is -0.610. The van der Waals surface area contributed by atoms with E-state index in [-0.39, 0.29) is 6.61 Å². The number of hydrogen-bond donors (Lipinski definition) is 2. The molecule has 0 bridgehead atoms. The number of aliphatic hydroxyl groups excluding tert-OH is 2. The van der Waals surface area contributed by atoms with Crippen LogP contribution in [0.3, 0.4) is 0 Å². The highest BCUT2D eigenvalue weighted by Gasteiger charge is 2.20. The number of aliphatic hydroxyl groups is 2. The average molecular weight is 148 g/mol. The predicted molar refractivity (Wildman–Crippen MR) is 34.3 cm³/mol. The molecule has 4 heteroatoms. The molecule has 0 aliphatic rings. The molecule has 0 saturated heterocycles. The molecule has 2 N–H and O–H groups in total. The van der Waals surface area contributed by atoms with Gasteiger partial charge in [0.15, 0.2) is 6.10 Å². The summed E-state index contributed by atoms with van der Waals surface area (Å²) in [7, 11) is 0. The minimum absolute atomic E-state index is 0.211. The minimum atomic E-state index is -1.42. The van der Waals surface area contributed by atoms with Crippen LogP contribution in [0.2, 0.25) is 0 Å². The van der Waals surface area contributed by atoms with Gasteiger partial charge in [-0.25, -0.2) is 4.79 Å². The Bertz CT molecular complexity index is 110. The molecule has 60 valence electrons. The third-order valence-corrected chi connectivity index (χ3v) is 0.985. The molecule has 0 spiro atoms. The van der Waals surface area contributed by atoms with E-state index in [9.17, 15) is 4.79 Å². The fraction of sp³-hybridized carbons (Fsp3) is 0.833. The molecular formula is C6H12O4. The summed E-state index contributed by atoms with van der Waals surface area (Å²) in [5.41, 5.74) is 0. The Morgan fingerprint density at radius 1 is 1.60 bits per heavy atom. The lowest BCUT2D eigenvalue weighted by Crippen LogP contribution is -2.33. The first-order chi connectivity index (χ1) is 4.59. The molecule has 1 unspecified atom stereocenters. The van der Waals surface area contributed by atoms with Crippen molar-refractivity contribution in [2.24, 2.45) is 0 Å². The molecule has 2 atom stereocenters. The van der Waals surface area contributed by atoms with Crippen LogP contribution in [0.15, 0.2) is 0 Å². The van der Waals surface area contributed by atoms with Crippen molar-refractivity contribution in [3.8, 4) is 0 Å². The second-order valence-corrected chi connectivity index (χ2v) is 1.94. The lowest BCUT2D eigenvalue weighted by Gasteiger charge is -2.10. The van der Waals surface area contributed by atoms with E-state index < -0.39 is 18.2 Å². The van der Waals surface area contributed by atoms with Gasteiger partial charge in [-0.15, -0.1) is 0 Å². The summed E-state index contributed by atoms with van der Waals surface area (Å²) in [6, 6.07) is 0. The first-order valence-corrected chi connectivity index (χ1v) is 3.12. The smallest absolute Gasteiger partial charge is 0.337 e. The average Bonchev–Trinajstić information content (AvgIpc) is 1.87.